The van der Waals surface area contributed by atoms with Gasteiger partial charge in [0.1, 0.15) is 12.0 Å². The number of hydrogen-bond donors (Lipinski definition) is 2. The number of halogens is 3. The predicted molar refractivity (Wildman–Crippen MR) is 140 cm³/mol. The number of nitrogens with zero attached hydrogens (tertiary/aromatic N) is 4. The van der Waals surface area contributed by atoms with Crippen molar-refractivity contribution < 1.29 is 36.5 Å². The van der Waals surface area contributed by atoms with E-state index in [0.29, 0.717) is 36.7 Å². The van der Waals surface area contributed by atoms with Gasteiger partial charge in [0.15, 0.2) is 11.6 Å². The van der Waals surface area contributed by atoms with Crippen LogP contribution in [-0.4, -0.2) is 45.0 Å². The molecule has 0 bridgehead atoms. The van der Waals surface area contributed by atoms with Gasteiger partial charge in [-0.15, -0.1) is 13.2 Å². The number of carbonyl (C=O) groups is 2. The molecule has 1 aliphatic heterocycles. The smallest absolute Gasteiger partial charge is 0.406 e. The highest BCUT2D eigenvalue weighted by Gasteiger charge is 2.47. The molecule has 3 amide bonds. The lowest BCUT2D eigenvalue weighted by Crippen LogP contribution is -2.40. The fourth-order valence-corrected chi connectivity index (χ4v) is 5.21. The fourth-order valence-electron chi connectivity index (χ4n) is 5.21. The number of amides is 3. The first-order valence-corrected chi connectivity index (χ1v) is 13.2. The summed E-state index contributed by atoms with van der Waals surface area (Å²) in [6, 6.07) is 10.5. The Kier molecular flexibility index (Phi) is 7.04. The second kappa shape index (κ2) is 10.8. The molecule has 218 valence electrons. The van der Waals surface area contributed by atoms with Crippen molar-refractivity contribution in [1.82, 2.24) is 25.5 Å². The van der Waals surface area contributed by atoms with Gasteiger partial charge in [-0.3, -0.25) is 10.1 Å². The topological polar surface area (TPSA) is 136 Å². The van der Waals surface area contributed by atoms with E-state index in [9.17, 15) is 22.8 Å². The Bertz CT molecular complexity index is 1620. The Labute approximate surface area is 237 Å². The molecule has 2 aliphatic rings. The first kappa shape index (κ1) is 27.3. The van der Waals surface area contributed by atoms with Crippen molar-refractivity contribution in [3.63, 3.8) is 0 Å². The zero-order valence-electron chi connectivity index (χ0n) is 22.3. The maximum absolute atomic E-state index is 13.0. The van der Waals surface area contributed by atoms with E-state index in [1.54, 1.807) is 17.9 Å². The van der Waals surface area contributed by atoms with Gasteiger partial charge < -0.3 is 24.0 Å². The van der Waals surface area contributed by atoms with Crippen molar-refractivity contribution in [2.45, 2.75) is 45.1 Å². The molecule has 1 saturated carbocycles. The number of aromatic nitrogens is 3. The van der Waals surface area contributed by atoms with E-state index >= 15 is 0 Å². The van der Waals surface area contributed by atoms with E-state index in [0.717, 1.165) is 22.3 Å². The standard InChI is InChI=1S/C28H25F3N6O5/c1-15-33-26(42-35-15)22-12-21(22)25(38)32-13-17-5-6-19(16-3-2-4-18(11-16)41-28(29,30)31)20-7-9-37(14-23(17)20)27(39)34-24-8-10-40-36-24/h2-6,8,10-11,21-22H,7,9,12-14H2,1H3,(H,32,38)(H,34,36,39)/t21-,22-/m0/s1. The average Bonchev–Trinajstić information content (AvgIpc) is 3.36. The lowest BCUT2D eigenvalue weighted by Gasteiger charge is -2.32. The van der Waals surface area contributed by atoms with Crippen LogP contribution in [0, 0.1) is 12.8 Å². The fraction of sp³-hybridized carbons (Fsp3) is 0.321. The minimum atomic E-state index is -4.82. The molecule has 4 aromatic rings. The summed E-state index contributed by atoms with van der Waals surface area (Å²) in [7, 11) is 0. The number of ether oxygens (including phenoxy) is 1. The number of hydrogen-bond acceptors (Lipinski definition) is 8. The molecule has 0 spiro atoms. The normalized spacial score (nSPS) is 17.9. The van der Waals surface area contributed by atoms with Crippen LogP contribution >= 0.6 is 0 Å². The SMILES string of the molecule is Cc1noc([C@H]2C[C@@H]2C(=O)NCc2ccc(-c3cccc(OC(F)(F)F)c3)c3c2CN(C(=O)Nc2ccon2)CC3)n1. The van der Waals surface area contributed by atoms with Gasteiger partial charge in [0.25, 0.3) is 0 Å². The van der Waals surface area contributed by atoms with Gasteiger partial charge in [-0.2, -0.15) is 4.98 Å². The van der Waals surface area contributed by atoms with Crippen LogP contribution < -0.4 is 15.4 Å². The number of carbonyl (C=O) groups excluding carboxylic acids is 2. The number of urea groups is 1. The van der Waals surface area contributed by atoms with Crippen LogP contribution in [0.3, 0.4) is 0 Å². The Morgan fingerprint density at radius 2 is 2.00 bits per heavy atom. The molecular formula is C28H25F3N6O5. The summed E-state index contributed by atoms with van der Waals surface area (Å²) < 4.78 is 52.7. The van der Waals surface area contributed by atoms with Gasteiger partial charge in [-0.25, -0.2) is 4.79 Å². The maximum atomic E-state index is 13.0. The highest BCUT2D eigenvalue weighted by atomic mass is 19.4. The van der Waals surface area contributed by atoms with Crippen LogP contribution in [-0.2, 0) is 24.3 Å². The van der Waals surface area contributed by atoms with Crippen LogP contribution in [0.1, 0.15) is 40.7 Å². The maximum Gasteiger partial charge on any atom is 0.573 e. The van der Waals surface area contributed by atoms with Crippen LogP contribution in [0.15, 0.2) is 57.8 Å². The molecule has 11 nitrogen and oxygen atoms in total. The number of rotatable bonds is 7. The van der Waals surface area contributed by atoms with Crippen molar-refractivity contribution in [3.05, 3.63) is 77.1 Å². The number of anilines is 1. The molecule has 0 saturated heterocycles. The summed E-state index contributed by atoms with van der Waals surface area (Å²) in [5, 5.41) is 13.2. The second-order valence-electron chi connectivity index (χ2n) is 10.1. The molecule has 0 unspecified atom stereocenters. The van der Waals surface area contributed by atoms with E-state index in [1.807, 2.05) is 12.1 Å². The zero-order valence-corrected chi connectivity index (χ0v) is 22.3. The zero-order chi connectivity index (χ0) is 29.4. The number of aryl methyl sites for hydroxylation is 1. The summed E-state index contributed by atoms with van der Waals surface area (Å²) >= 11 is 0. The third kappa shape index (κ3) is 5.92. The molecule has 6 rings (SSSR count). The molecule has 1 aliphatic carbocycles. The summed E-state index contributed by atoms with van der Waals surface area (Å²) in [5.41, 5.74) is 3.73. The van der Waals surface area contributed by atoms with E-state index in [1.165, 1.54) is 30.5 Å². The van der Waals surface area contributed by atoms with Gasteiger partial charge in [-0.1, -0.05) is 34.6 Å². The third-order valence-corrected chi connectivity index (χ3v) is 7.29. The minimum Gasteiger partial charge on any atom is -0.406 e. The molecule has 2 aromatic carbocycles. The van der Waals surface area contributed by atoms with Crippen LogP contribution in [0.2, 0.25) is 0 Å². The highest BCUT2D eigenvalue weighted by molar-refractivity contribution is 5.88. The number of fused-ring (bicyclic) bond motifs is 1. The Balaban J connectivity index is 1.25. The molecule has 42 heavy (non-hydrogen) atoms. The lowest BCUT2D eigenvalue weighted by atomic mass is 9.87. The highest BCUT2D eigenvalue weighted by Crippen LogP contribution is 2.47. The first-order chi connectivity index (χ1) is 20.1. The largest absolute Gasteiger partial charge is 0.573 e. The molecule has 14 heteroatoms. The van der Waals surface area contributed by atoms with Crippen LogP contribution in [0.5, 0.6) is 5.75 Å². The van der Waals surface area contributed by atoms with Gasteiger partial charge in [-0.05, 0) is 59.7 Å². The van der Waals surface area contributed by atoms with Crippen molar-refractivity contribution >= 4 is 17.8 Å². The van der Waals surface area contributed by atoms with E-state index in [-0.39, 0.29) is 48.4 Å². The second-order valence-corrected chi connectivity index (χ2v) is 10.1. The molecule has 3 heterocycles. The number of benzene rings is 2. The molecule has 2 N–H and O–H groups in total. The van der Waals surface area contributed by atoms with E-state index in [2.05, 4.69) is 30.7 Å². The van der Waals surface area contributed by atoms with Crippen molar-refractivity contribution in [1.29, 1.82) is 0 Å². The van der Waals surface area contributed by atoms with Crippen molar-refractivity contribution in [3.8, 4) is 16.9 Å². The van der Waals surface area contributed by atoms with E-state index < -0.39 is 6.36 Å². The summed E-state index contributed by atoms with van der Waals surface area (Å²) in [6.45, 7) is 2.48. The Morgan fingerprint density at radius 3 is 2.74 bits per heavy atom. The lowest BCUT2D eigenvalue weighted by molar-refractivity contribution is -0.274. The molecule has 2 aromatic heterocycles. The van der Waals surface area contributed by atoms with Crippen molar-refractivity contribution in [2.75, 3.05) is 11.9 Å². The molecule has 1 fully saturated rings. The quantitative estimate of drug-likeness (QED) is 0.313. The number of nitrogens with one attached hydrogen (secondary N) is 2. The van der Waals surface area contributed by atoms with Gasteiger partial charge in [0.2, 0.25) is 11.8 Å². The van der Waals surface area contributed by atoms with Gasteiger partial charge >= 0.3 is 12.4 Å². The summed E-state index contributed by atoms with van der Waals surface area (Å²) in [5.74, 6) is 0.344. The van der Waals surface area contributed by atoms with E-state index in [4.69, 9.17) is 9.05 Å². The first-order valence-electron chi connectivity index (χ1n) is 13.2. The number of alkyl halides is 3. The summed E-state index contributed by atoms with van der Waals surface area (Å²) in [4.78, 5) is 31.7. The van der Waals surface area contributed by atoms with Crippen LogP contribution in [0.4, 0.5) is 23.8 Å². The average molecular weight is 583 g/mol. The Morgan fingerprint density at radius 1 is 1.14 bits per heavy atom. The third-order valence-electron chi connectivity index (χ3n) is 7.29. The predicted octanol–water partition coefficient (Wildman–Crippen LogP) is 4.94. The van der Waals surface area contributed by atoms with Gasteiger partial charge in [0, 0.05) is 25.7 Å². The Hall–Kier alpha value is -4.88. The van der Waals surface area contributed by atoms with Crippen molar-refractivity contribution in [2.24, 2.45) is 5.92 Å². The molecule has 0 radical (unpaired) electrons. The molecular weight excluding hydrogens is 557 g/mol. The van der Waals surface area contributed by atoms with Gasteiger partial charge in [0.05, 0.1) is 11.8 Å². The monoisotopic (exact) mass is 582 g/mol. The summed E-state index contributed by atoms with van der Waals surface area (Å²) in [6.07, 6.45) is -2.43. The minimum absolute atomic E-state index is 0.121. The van der Waals surface area contributed by atoms with Crippen LogP contribution in [0.25, 0.3) is 11.1 Å². The molecule has 2 atom stereocenters.